The van der Waals surface area contributed by atoms with E-state index in [-0.39, 0.29) is 12.1 Å². The third-order valence-electron chi connectivity index (χ3n) is 3.67. The van der Waals surface area contributed by atoms with Gasteiger partial charge < -0.3 is 10.6 Å². The molecule has 0 saturated heterocycles. The number of nitrogens with one attached hydrogen (secondary N) is 2. The van der Waals surface area contributed by atoms with E-state index in [0.29, 0.717) is 5.88 Å². The van der Waals surface area contributed by atoms with Crippen LogP contribution >= 0.6 is 11.6 Å². The number of fused-ring (bicyclic) bond motifs is 3. The molecule has 2 aromatic carbocycles. The van der Waals surface area contributed by atoms with E-state index in [0.717, 1.165) is 12.1 Å². The van der Waals surface area contributed by atoms with Crippen molar-refractivity contribution in [3.05, 3.63) is 53.6 Å². The number of anilines is 1. The summed E-state index contributed by atoms with van der Waals surface area (Å²) in [7, 11) is 0. The molecule has 1 aliphatic carbocycles. The zero-order chi connectivity index (χ0) is 14.8. The average Bonchev–Trinajstić information content (AvgIpc) is 2.85. The van der Waals surface area contributed by atoms with Crippen molar-refractivity contribution >= 4 is 23.3 Å². The number of urea groups is 1. The maximum Gasteiger partial charge on any atom is 0.319 e. The molecule has 0 aliphatic heterocycles. The fourth-order valence-corrected chi connectivity index (χ4v) is 2.71. The van der Waals surface area contributed by atoms with E-state index in [1.54, 1.807) is 0 Å². The maximum atomic E-state index is 11.8. The smallest absolute Gasteiger partial charge is 0.319 e. The Labute approximate surface area is 129 Å². The van der Waals surface area contributed by atoms with Crippen LogP contribution in [-0.4, -0.2) is 18.0 Å². The van der Waals surface area contributed by atoms with Crippen molar-refractivity contribution < 1.29 is 4.79 Å². The number of halogens is 1. The Balaban J connectivity index is 1.80. The summed E-state index contributed by atoms with van der Waals surface area (Å²) in [6, 6.07) is 14.2. The van der Waals surface area contributed by atoms with Crippen LogP contribution in [-0.2, 0) is 6.42 Å². The Morgan fingerprint density at radius 2 is 1.95 bits per heavy atom. The minimum Gasteiger partial charge on any atom is -0.334 e. The third-order valence-corrected chi connectivity index (χ3v) is 4.13. The lowest BCUT2D eigenvalue weighted by molar-refractivity contribution is 0.250. The second kappa shape index (κ2) is 5.78. The summed E-state index contributed by atoms with van der Waals surface area (Å²) < 4.78 is 0. The Morgan fingerprint density at radius 3 is 2.76 bits per heavy atom. The van der Waals surface area contributed by atoms with Gasteiger partial charge in [-0.2, -0.15) is 0 Å². The van der Waals surface area contributed by atoms with Gasteiger partial charge in [-0.15, -0.1) is 11.6 Å². The molecule has 3 nitrogen and oxygen atoms in total. The van der Waals surface area contributed by atoms with Crippen LogP contribution in [0.15, 0.2) is 42.5 Å². The minimum absolute atomic E-state index is 0.0539. The summed E-state index contributed by atoms with van der Waals surface area (Å²) in [5.74, 6) is 0.394. The number of benzene rings is 2. The maximum absolute atomic E-state index is 11.8. The van der Waals surface area contributed by atoms with Crippen molar-refractivity contribution in [2.45, 2.75) is 19.4 Å². The Bertz CT molecular complexity index is 684. The van der Waals surface area contributed by atoms with E-state index >= 15 is 0 Å². The highest BCUT2D eigenvalue weighted by Crippen LogP contribution is 2.37. The van der Waals surface area contributed by atoms with Crippen molar-refractivity contribution in [2.24, 2.45) is 0 Å². The van der Waals surface area contributed by atoms with E-state index in [2.05, 4.69) is 34.9 Å². The molecular formula is C17H17ClN2O. The second-order valence-electron chi connectivity index (χ2n) is 5.36. The van der Waals surface area contributed by atoms with Crippen molar-refractivity contribution in [1.29, 1.82) is 0 Å². The molecule has 0 spiro atoms. The van der Waals surface area contributed by atoms with Gasteiger partial charge in [-0.05, 0) is 47.7 Å². The molecule has 0 heterocycles. The molecule has 1 aliphatic rings. The fourth-order valence-electron chi connectivity index (χ4n) is 2.63. The van der Waals surface area contributed by atoms with Crippen LogP contribution in [0.3, 0.4) is 0 Å². The lowest BCUT2D eigenvalue weighted by Crippen LogP contribution is -2.37. The van der Waals surface area contributed by atoms with Gasteiger partial charge in [-0.3, -0.25) is 0 Å². The first-order valence-corrected chi connectivity index (χ1v) is 7.55. The van der Waals surface area contributed by atoms with Crippen LogP contribution < -0.4 is 10.6 Å². The highest BCUT2D eigenvalue weighted by atomic mass is 35.5. The summed E-state index contributed by atoms with van der Waals surface area (Å²) >= 11 is 5.69. The van der Waals surface area contributed by atoms with Crippen LogP contribution in [0.25, 0.3) is 11.1 Å². The zero-order valence-corrected chi connectivity index (χ0v) is 12.6. The summed E-state index contributed by atoms with van der Waals surface area (Å²) in [5.41, 5.74) is 5.89. The first-order chi connectivity index (χ1) is 10.2. The predicted molar refractivity (Wildman–Crippen MR) is 87.0 cm³/mol. The first-order valence-electron chi connectivity index (χ1n) is 7.02. The predicted octanol–water partition coefficient (Wildman–Crippen LogP) is 4.01. The van der Waals surface area contributed by atoms with Crippen LogP contribution in [0.4, 0.5) is 10.5 Å². The van der Waals surface area contributed by atoms with Crippen molar-refractivity contribution in [2.75, 3.05) is 11.2 Å². The van der Waals surface area contributed by atoms with E-state index in [9.17, 15) is 4.79 Å². The van der Waals surface area contributed by atoms with Crippen molar-refractivity contribution in [3.63, 3.8) is 0 Å². The Morgan fingerprint density at radius 1 is 1.19 bits per heavy atom. The molecule has 0 unspecified atom stereocenters. The lowest BCUT2D eigenvalue weighted by atomic mass is 10.1. The van der Waals surface area contributed by atoms with Gasteiger partial charge in [0.15, 0.2) is 0 Å². The van der Waals surface area contributed by atoms with Gasteiger partial charge in [-0.1, -0.05) is 30.3 Å². The third kappa shape index (κ3) is 2.88. The van der Waals surface area contributed by atoms with E-state index < -0.39 is 0 Å². The molecule has 108 valence electrons. The summed E-state index contributed by atoms with van der Waals surface area (Å²) in [5, 5.41) is 5.64. The van der Waals surface area contributed by atoms with Gasteiger partial charge in [0, 0.05) is 17.6 Å². The molecule has 1 atom stereocenters. The molecular weight excluding hydrogens is 284 g/mol. The first kappa shape index (κ1) is 14.0. The number of hydrogen-bond acceptors (Lipinski definition) is 1. The molecule has 4 heteroatoms. The van der Waals surface area contributed by atoms with Gasteiger partial charge in [0.1, 0.15) is 0 Å². The summed E-state index contributed by atoms with van der Waals surface area (Å²) in [6.07, 6.45) is 0.960. The van der Waals surface area contributed by atoms with Crippen LogP contribution in [0.2, 0.25) is 0 Å². The monoisotopic (exact) mass is 300 g/mol. The van der Waals surface area contributed by atoms with E-state index in [4.69, 9.17) is 11.6 Å². The molecule has 2 N–H and O–H groups in total. The molecule has 21 heavy (non-hydrogen) atoms. The lowest BCUT2D eigenvalue weighted by Gasteiger charge is -2.12. The standard InChI is InChI=1S/C17H17ClN2O/c1-11(10-18)19-17(21)20-14-7-6-13-8-12-4-2-3-5-15(12)16(13)9-14/h2-7,9,11H,8,10H2,1H3,(H2,19,20,21)/t11-/m1/s1. The Hall–Kier alpha value is -2.00. The van der Waals surface area contributed by atoms with Gasteiger partial charge in [0.2, 0.25) is 0 Å². The zero-order valence-electron chi connectivity index (χ0n) is 11.8. The topological polar surface area (TPSA) is 41.1 Å². The molecule has 0 aromatic heterocycles. The van der Waals surface area contributed by atoms with Crippen molar-refractivity contribution in [3.8, 4) is 11.1 Å². The number of rotatable bonds is 3. The fraction of sp³-hybridized carbons (Fsp3) is 0.235. The summed E-state index contributed by atoms with van der Waals surface area (Å²) in [6.45, 7) is 1.87. The van der Waals surface area contributed by atoms with Gasteiger partial charge >= 0.3 is 6.03 Å². The highest BCUT2D eigenvalue weighted by Gasteiger charge is 2.18. The molecule has 3 rings (SSSR count). The second-order valence-corrected chi connectivity index (χ2v) is 5.67. The molecule has 2 aromatic rings. The average molecular weight is 301 g/mol. The van der Waals surface area contributed by atoms with Gasteiger partial charge in [0.05, 0.1) is 0 Å². The quantitative estimate of drug-likeness (QED) is 0.705. The van der Waals surface area contributed by atoms with Crippen LogP contribution in [0.5, 0.6) is 0 Å². The number of alkyl halides is 1. The number of hydrogen-bond donors (Lipinski definition) is 2. The van der Waals surface area contributed by atoms with E-state index in [1.807, 2.05) is 25.1 Å². The molecule has 0 saturated carbocycles. The van der Waals surface area contributed by atoms with Gasteiger partial charge in [0.25, 0.3) is 0 Å². The Kier molecular flexibility index (Phi) is 3.84. The molecule has 2 amide bonds. The summed E-state index contributed by atoms with van der Waals surface area (Å²) in [4.78, 5) is 11.8. The SMILES string of the molecule is C[C@H](CCl)NC(=O)Nc1ccc2c(c1)-c1ccccc1C2. The van der Waals surface area contributed by atoms with E-state index in [1.165, 1.54) is 22.3 Å². The highest BCUT2D eigenvalue weighted by molar-refractivity contribution is 6.18. The minimum atomic E-state index is -0.227. The number of amides is 2. The largest absolute Gasteiger partial charge is 0.334 e. The van der Waals surface area contributed by atoms with Crippen LogP contribution in [0, 0.1) is 0 Å². The molecule has 0 radical (unpaired) electrons. The van der Waals surface area contributed by atoms with Crippen molar-refractivity contribution in [1.82, 2.24) is 5.32 Å². The van der Waals surface area contributed by atoms with Gasteiger partial charge in [-0.25, -0.2) is 4.79 Å². The molecule has 0 bridgehead atoms. The number of carbonyl (C=O) groups is 1. The number of carbonyl (C=O) groups excluding carboxylic acids is 1. The molecule has 0 fully saturated rings. The normalized spacial score (nSPS) is 13.2. The van der Waals surface area contributed by atoms with Crippen LogP contribution in [0.1, 0.15) is 18.1 Å².